The van der Waals surface area contributed by atoms with Gasteiger partial charge < -0.3 is 5.11 Å². The van der Waals surface area contributed by atoms with E-state index in [-0.39, 0.29) is 28.3 Å². The van der Waals surface area contributed by atoms with Crippen molar-refractivity contribution in [3.8, 4) is 11.6 Å². The van der Waals surface area contributed by atoms with Crippen molar-refractivity contribution in [3.05, 3.63) is 93.0 Å². The second-order valence-electron chi connectivity index (χ2n) is 5.98. The number of benzene rings is 2. The van der Waals surface area contributed by atoms with Crippen LogP contribution in [-0.4, -0.2) is 30.8 Å². The first-order valence-corrected chi connectivity index (χ1v) is 8.49. The largest absolute Gasteiger partial charge is 0.494 e. The Morgan fingerprint density at radius 1 is 1.00 bits per heavy atom. The van der Waals surface area contributed by atoms with Gasteiger partial charge in [-0.2, -0.15) is 0 Å². The van der Waals surface area contributed by atoms with E-state index in [1.807, 2.05) is 0 Å². The number of hydrogen-bond donors (Lipinski definition) is 1. The highest BCUT2D eigenvalue weighted by Gasteiger charge is 2.22. The van der Waals surface area contributed by atoms with E-state index in [1.54, 1.807) is 36.4 Å². The molecule has 0 spiro atoms. The Morgan fingerprint density at radius 3 is 2.38 bits per heavy atom. The van der Waals surface area contributed by atoms with Gasteiger partial charge in [-0.25, -0.2) is 19.5 Å². The number of nitro benzene ring substituents is 1. The van der Waals surface area contributed by atoms with Crippen LogP contribution in [0.3, 0.4) is 0 Å². The van der Waals surface area contributed by atoms with Crippen LogP contribution in [0, 0.1) is 10.1 Å². The number of para-hydroxylation sites is 2. The van der Waals surface area contributed by atoms with Gasteiger partial charge in [0.05, 0.1) is 10.5 Å². The molecule has 4 aromatic rings. The Labute approximate surface area is 163 Å². The Balaban J connectivity index is 2.04. The standard InChI is InChI=1S/C20H13N5O4/c26-18-14-7-2-1-6-13(14)15(12-23-20-21-10-5-11-22-20)19(27)24(18)16-8-3-4-9-17(16)25(28)29/h1-12,27H/b23-12+. The Bertz CT molecular complexity index is 1320. The zero-order valence-electron chi connectivity index (χ0n) is 14.8. The molecule has 0 aliphatic rings. The van der Waals surface area contributed by atoms with Gasteiger partial charge in [-0.15, -0.1) is 0 Å². The van der Waals surface area contributed by atoms with E-state index >= 15 is 0 Å². The molecule has 0 bridgehead atoms. The summed E-state index contributed by atoms with van der Waals surface area (Å²) < 4.78 is 0.910. The molecule has 0 fully saturated rings. The number of aromatic hydroxyl groups is 1. The number of aliphatic imine (C=N–C) groups is 1. The van der Waals surface area contributed by atoms with E-state index in [2.05, 4.69) is 15.0 Å². The molecule has 2 aromatic heterocycles. The SMILES string of the molecule is O=c1c2ccccc2c(/C=N/c2ncccn2)c(O)n1-c1ccccc1[N+](=O)[O-]. The summed E-state index contributed by atoms with van der Waals surface area (Å²) in [6.45, 7) is 0. The number of rotatable bonds is 4. The molecule has 0 saturated heterocycles. The first kappa shape index (κ1) is 18.0. The third kappa shape index (κ3) is 3.21. The highest BCUT2D eigenvalue weighted by atomic mass is 16.6. The molecule has 2 aromatic carbocycles. The Morgan fingerprint density at radius 2 is 1.66 bits per heavy atom. The third-order valence-corrected chi connectivity index (χ3v) is 4.28. The number of nitrogens with zero attached hydrogens (tertiary/aromatic N) is 5. The summed E-state index contributed by atoms with van der Waals surface area (Å²) >= 11 is 0. The number of fused-ring (bicyclic) bond motifs is 1. The number of nitro groups is 1. The van der Waals surface area contributed by atoms with Crippen LogP contribution >= 0.6 is 0 Å². The van der Waals surface area contributed by atoms with E-state index in [0.717, 1.165) is 4.57 Å². The van der Waals surface area contributed by atoms with Crippen LogP contribution in [0.2, 0.25) is 0 Å². The Kier molecular flexibility index (Phi) is 4.54. The second-order valence-corrected chi connectivity index (χ2v) is 5.98. The number of hydrogen-bond acceptors (Lipinski definition) is 7. The topological polar surface area (TPSA) is 124 Å². The van der Waals surface area contributed by atoms with Crippen molar-refractivity contribution in [2.24, 2.45) is 4.99 Å². The predicted octanol–water partition coefficient (Wildman–Crippen LogP) is 3.15. The molecule has 0 aliphatic carbocycles. The molecule has 0 amide bonds. The molecule has 9 heteroatoms. The van der Waals surface area contributed by atoms with Crippen molar-refractivity contribution in [3.63, 3.8) is 0 Å². The minimum Gasteiger partial charge on any atom is -0.494 e. The molecular weight excluding hydrogens is 374 g/mol. The molecule has 29 heavy (non-hydrogen) atoms. The maximum absolute atomic E-state index is 13.1. The van der Waals surface area contributed by atoms with Crippen LogP contribution in [0.5, 0.6) is 5.88 Å². The minimum atomic E-state index is -0.609. The van der Waals surface area contributed by atoms with Gasteiger partial charge in [0, 0.05) is 35.4 Å². The predicted molar refractivity (Wildman–Crippen MR) is 107 cm³/mol. The average Bonchev–Trinajstić information content (AvgIpc) is 2.75. The van der Waals surface area contributed by atoms with Crippen molar-refractivity contribution in [2.75, 3.05) is 0 Å². The fraction of sp³-hybridized carbons (Fsp3) is 0. The highest BCUT2D eigenvalue weighted by molar-refractivity contribution is 6.02. The fourth-order valence-corrected chi connectivity index (χ4v) is 3.00. The van der Waals surface area contributed by atoms with E-state index in [1.165, 1.54) is 36.8 Å². The van der Waals surface area contributed by atoms with Gasteiger partial charge in [-0.3, -0.25) is 14.9 Å². The van der Waals surface area contributed by atoms with E-state index < -0.39 is 16.4 Å². The second kappa shape index (κ2) is 7.31. The zero-order valence-corrected chi connectivity index (χ0v) is 14.8. The lowest BCUT2D eigenvalue weighted by atomic mass is 10.1. The van der Waals surface area contributed by atoms with Crippen molar-refractivity contribution < 1.29 is 10.0 Å². The number of pyridine rings is 1. The summed E-state index contributed by atoms with van der Waals surface area (Å²) in [6.07, 6.45) is 4.37. The molecule has 0 unspecified atom stereocenters. The molecular formula is C20H13N5O4. The van der Waals surface area contributed by atoms with Gasteiger partial charge in [-0.05, 0) is 18.2 Å². The van der Waals surface area contributed by atoms with Gasteiger partial charge in [0.2, 0.25) is 11.8 Å². The van der Waals surface area contributed by atoms with Gasteiger partial charge in [-0.1, -0.05) is 30.3 Å². The smallest absolute Gasteiger partial charge is 0.293 e. The van der Waals surface area contributed by atoms with Gasteiger partial charge in [0.1, 0.15) is 5.69 Å². The summed E-state index contributed by atoms with van der Waals surface area (Å²) in [6, 6.07) is 14.0. The summed E-state index contributed by atoms with van der Waals surface area (Å²) in [4.78, 5) is 36.0. The maximum Gasteiger partial charge on any atom is 0.293 e. The Hall–Kier alpha value is -4.40. The summed E-state index contributed by atoms with van der Waals surface area (Å²) in [5.74, 6) is -0.304. The van der Waals surface area contributed by atoms with Crippen LogP contribution in [0.4, 0.5) is 11.6 Å². The van der Waals surface area contributed by atoms with Crippen molar-refractivity contribution in [1.82, 2.24) is 14.5 Å². The van der Waals surface area contributed by atoms with Crippen LogP contribution < -0.4 is 5.56 Å². The molecule has 0 aliphatic heterocycles. The summed E-state index contributed by atoms with van der Waals surface area (Å²) in [5.41, 5.74) is -0.725. The average molecular weight is 387 g/mol. The quantitative estimate of drug-likeness (QED) is 0.326. The monoisotopic (exact) mass is 387 g/mol. The van der Waals surface area contributed by atoms with Gasteiger partial charge >= 0.3 is 0 Å². The van der Waals surface area contributed by atoms with Crippen LogP contribution in [-0.2, 0) is 0 Å². The zero-order chi connectivity index (χ0) is 20.4. The molecule has 4 rings (SSSR count). The van der Waals surface area contributed by atoms with E-state index in [4.69, 9.17) is 0 Å². The van der Waals surface area contributed by atoms with Crippen molar-refractivity contribution in [2.45, 2.75) is 0 Å². The van der Waals surface area contributed by atoms with Crippen molar-refractivity contribution in [1.29, 1.82) is 0 Å². The lowest BCUT2D eigenvalue weighted by Gasteiger charge is -2.13. The normalized spacial score (nSPS) is 11.2. The van der Waals surface area contributed by atoms with Crippen LogP contribution in [0.15, 0.2) is 76.8 Å². The molecule has 0 radical (unpaired) electrons. The first-order chi connectivity index (χ1) is 14.1. The van der Waals surface area contributed by atoms with Crippen LogP contribution in [0.25, 0.3) is 16.5 Å². The minimum absolute atomic E-state index is 0.0450. The maximum atomic E-state index is 13.1. The molecule has 0 atom stereocenters. The molecule has 142 valence electrons. The molecule has 2 heterocycles. The lowest BCUT2D eigenvalue weighted by molar-refractivity contribution is -0.384. The molecule has 1 N–H and O–H groups in total. The van der Waals surface area contributed by atoms with Gasteiger partial charge in [0.25, 0.3) is 11.2 Å². The summed E-state index contributed by atoms with van der Waals surface area (Å²) in [5, 5.41) is 23.1. The summed E-state index contributed by atoms with van der Waals surface area (Å²) in [7, 11) is 0. The third-order valence-electron chi connectivity index (χ3n) is 4.28. The van der Waals surface area contributed by atoms with Gasteiger partial charge in [0.15, 0.2) is 0 Å². The highest BCUT2D eigenvalue weighted by Crippen LogP contribution is 2.30. The number of aromatic nitrogens is 3. The first-order valence-electron chi connectivity index (χ1n) is 8.49. The lowest BCUT2D eigenvalue weighted by Crippen LogP contribution is -2.21. The van der Waals surface area contributed by atoms with Crippen LogP contribution in [0.1, 0.15) is 5.56 Å². The van der Waals surface area contributed by atoms with E-state index in [9.17, 15) is 20.0 Å². The fourth-order valence-electron chi connectivity index (χ4n) is 3.00. The van der Waals surface area contributed by atoms with Crippen molar-refractivity contribution >= 4 is 28.6 Å². The van der Waals surface area contributed by atoms with E-state index in [0.29, 0.717) is 5.39 Å². The molecule has 0 saturated carbocycles. The molecule has 9 nitrogen and oxygen atoms in total.